The number of aryl methyl sites for hydroxylation is 1. The summed E-state index contributed by atoms with van der Waals surface area (Å²) in [4.78, 5) is 12.1. The van der Waals surface area contributed by atoms with Crippen molar-refractivity contribution in [3.63, 3.8) is 0 Å². The Morgan fingerprint density at radius 1 is 1.39 bits per heavy atom. The third kappa shape index (κ3) is 2.74. The molecule has 0 N–H and O–H groups in total. The topological polar surface area (TPSA) is 34.9 Å². The van der Waals surface area contributed by atoms with Crippen LogP contribution >= 0.6 is 23.2 Å². The first kappa shape index (κ1) is 13.1. The Balaban J connectivity index is 2.19. The van der Waals surface area contributed by atoms with E-state index in [4.69, 9.17) is 23.2 Å². The first-order chi connectivity index (χ1) is 8.61. The number of aromatic nitrogens is 2. The lowest BCUT2D eigenvalue weighted by atomic mass is 10.1. The molecule has 0 aliphatic heterocycles. The van der Waals surface area contributed by atoms with Crippen LogP contribution < -0.4 is 0 Å². The van der Waals surface area contributed by atoms with Crippen molar-refractivity contribution < 1.29 is 4.79 Å². The summed E-state index contributed by atoms with van der Waals surface area (Å²) in [7, 11) is 0. The van der Waals surface area contributed by atoms with E-state index in [0.717, 1.165) is 12.1 Å². The van der Waals surface area contributed by atoms with Gasteiger partial charge in [0.25, 0.3) is 0 Å². The van der Waals surface area contributed by atoms with Crippen LogP contribution in [0.4, 0.5) is 0 Å². The van der Waals surface area contributed by atoms with Crippen molar-refractivity contribution in [3.05, 3.63) is 51.8 Å². The second kappa shape index (κ2) is 5.55. The average molecular weight is 283 g/mol. The van der Waals surface area contributed by atoms with Crippen LogP contribution in [0, 0.1) is 0 Å². The number of hydrogen-bond acceptors (Lipinski definition) is 2. The Bertz CT molecular complexity index is 578. The number of halogens is 2. The van der Waals surface area contributed by atoms with Crippen molar-refractivity contribution >= 4 is 29.0 Å². The Hall–Kier alpha value is -1.32. The van der Waals surface area contributed by atoms with Gasteiger partial charge in [-0.1, -0.05) is 29.3 Å². The fourth-order valence-electron chi connectivity index (χ4n) is 1.67. The number of benzene rings is 1. The van der Waals surface area contributed by atoms with Gasteiger partial charge >= 0.3 is 0 Å². The zero-order chi connectivity index (χ0) is 13.1. The zero-order valence-electron chi connectivity index (χ0n) is 9.86. The first-order valence-corrected chi connectivity index (χ1v) is 6.36. The SMILES string of the molecule is CCn1cc(CC(=O)c2cccc(Cl)c2Cl)cn1. The normalized spacial score (nSPS) is 10.6. The quantitative estimate of drug-likeness (QED) is 0.803. The Morgan fingerprint density at radius 2 is 2.17 bits per heavy atom. The number of hydrogen-bond donors (Lipinski definition) is 0. The van der Waals surface area contributed by atoms with Gasteiger partial charge in [-0.2, -0.15) is 5.10 Å². The largest absolute Gasteiger partial charge is 0.294 e. The number of nitrogens with zero attached hydrogens (tertiary/aromatic N) is 2. The molecule has 0 saturated carbocycles. The van der Waals surface area contributed by atoms with Crippen molar-refractivity contribution in [3.8, 4) is 0 Å². The Morgan fingerprint density at radius 3 is 2.83 bits per heavy atom. The number of carbonyl (C=O) groups excluding carboxylic acids is 1. The molecule has 0 atom stereocenters. The lowest BCUT2D eigenvalue weighted by molar-refractivity contribution is 0.0993. The smallest absolute Gasteiger partial charge is 0.168 e. The van der Waals surface area contributed by atoms with Gasteiger partial charge in [0.05, 0.1) is 16.2 Å². The maximum atomic E-state index is 12.1. The molecule has 0 unspecified atom stereocenters. The summed E-state index contributed by atoms with van der Waals surface area (Å²) in [6.07, 6.45) is 3.83. The van der Waals surface area contributed by atoms with Gasteiger partial charge in [0, 0.05) is 24.7 Å². The first-order valence-electron chi connectivity index (χ1n) is 5.60. The maximum absolute atomic E-state index is 12.1. The third-order valence-electron chi connectivity index (χ3n) is 2.63. The van der Waals surface area contributed by atoms with Crippen molar-refractivity contribution in [1.82, 2.24) is 9.78 Å². The van der Waals surface area contributed by atoms with Gasteiger partial charge in [-0.25, -0.2) is 0 Å². The van der Waals surface area contributed by atoms with E-state index in [1.165, 1.54) is 0 Å². The highest BCUT2D eigenvalue weighted by atomic mass is 35.5. The van der Waals surface area contributed by atoms with Crippen LogP contribution in [0.5, 0.6) is 0 Å². The van der Waals surface area contributed by atoms with E-state index in [1.807, 2.05) is 13.1 Å². The van der Waals surface area contributed by atoms with Crippen LogP contribution in [-0.2, 0) is 13.0 Å². The molecule has 1 heterocycles. The molecule has 5 heteroatoms. The number of rotatable bonds is 4. The summed E-state index contributed by atoms with van der Waals surface area (Å²) in [6.45, 7) is 2.78. The second-order valence-corrected chi connectivity index (χ2v) is 4.69. The molecule has 0 aliphatic carbocycles. The molecular weight excluding hydrogens is 271 g/mol. The predicted molar refractivity (Wildman–Crippen MR) is 72.4 cm³/mol. The zero-order valence-corrected chi connectivity index (χ0v) is 11.4. The van der Waals surface area contributed by atoms with Gasteiger partial charge in [-0.3, -0.25) is 9.48 Å². The molecule has 0 spiro atoms. The lowest BCUT2D eigenvalue weighted by Gasteiger charge is -2.03. The molecule has 3 nitrogen and oxygen atoms in total. The van der Waals surface area contributed by atoms with Crippen LogP contribution in [0.3, 0.4) is 0 Å². The minimum absolute atomic E-state index is 0.0573. The summed E-state index contributed by atoms with van der Waals surface area (Å²) in [5, 5.41) is 4.83. The minimum atomic E-state index is -0.0573. The van der Waals surface area contributed by atoms with E-state index in [2.05, 4.69) is 5.10 Å². The molecule has 0 bridgehead atoms. The van der Waals surface area contributed by atoms with Crippen molar-refractivity contribution in [2.45, 2.75) is 19.9 Å². The highest BCUT2D eigenvalue weighted by molar-refractivity contribution is 6.43. The minimum Gasteiger partial charge on any atom is -0.294 e. The molecule has 2 aromatic rings. The predicted octanol–water partition coefficient (Wildman–Crippen LogP) is 3.64. The fourth-order valence-corrected chi connectivity index (χ4v) is 2.08. The number of Topliss-reactive ketones (excluding diaryl/α,β-unsaturated/α-hetero) is 1. The fraction of sp³-hybridized carbons (Fsp3) is 0.231. The molecule has 0 fully saturated rings. The van der Waals surface area contributed by atoms with E-state index in [0.29, 0.717) is 15.6 Å². The van der Waals surface area contributed by atoms with E-state index in [1.54, 1.807) is 29.1 Å². The van der Waals surface area contributed by atoms with Crippen LogP contribution in [0.2, 0.25) is 10.0 Å². The van der Waals surface area contributed by atoms with Crippen LogP contribution in [0.25, 0.3) is 0 Å². The Labute approximate surface area is 115 Å². The highest BCUT2D eigenvalue weighted by Crippen LogP contribution is 2.26. The molecule has 0 amide bonds. The number of ketones is 1. The monoisotopic (exact) mass is 282 g/mol. The van der Waals surface area contributed by atoms with Gasteiger partial charge < -0.3 is 0 Å². The van der Waals surface area contributed by atoms with Gasteiger partial charge in [-0.05, 0) is 24.6 Å². The molecule has 18 heavy (non-hydrogen) atoms. The van der Waals surface area contributed by atoms with Crippen LogP contribution in [0.15, 0.2) is 30.6 Å². The van der Waals surface area contributed by atoms with Gasteiger partial charge in [0.2, 0.25) is 0 Å². The molecule has 0 saturated heterocycles. The van der Waals surface area contributed by atoms with Gasteiger partial charge in [0.15, 0.2) is 5.78 Å². The van der Waals surface area contributed by atoms with Crippen LogP contribution in [0.1, 0.15) is 22.8 Å². The molecule has 1 aromatic carbocycles. The van der Waals surface area contributed by atoms with Crippen molar-refractivity contribution in [2.24, 2.45) is 0 Å². The number of carbonyl (C=O) groups is 1. The third-order valence-corrected chi connectivity index (χ3v) is 3.45. The summed E-state index contributed by atoms with van der Waals surface area (Å²) < 4.78 is 1.78. The summed E-state index contributed by atoms with van der Waals surface area (Å²) >= 11 is 11.9. The van der Waals surface area contributed by atoms with E-state index in [-0.39, 0.29) is 12.2 Å². The molecule has 94 valence electrons. The Kier molecular flexibility index (Phi) is 4.04. The molecule has 2 rings (SSSR count). The lowest BCUT2D eigenvalue weighted by Crippen LogP contribution is -2.04. The van der Waals surface area contributed by atoms with E-state index in [9.17, 15) is 4.79 Å². The van der Waals surface area contributed by atoms with E-state index >= 15 is 0 Å². The molecule has 1 aromatic heterocycles. The van der Waals surface area contributed by atoms with Gasteiger partial charge in [-0.15, -0.1) is 0 Å². The molecule has 0 radical (unpaired) electrons. The second-order valence-electron chi connectivity index (χ2n) is 3.91. The van der Waals surface area contributed by atoms with Crippen molar-refractivity contribution in [2.75, 3.05) is 0 Å². The molecule has 0 aliphatic rings. The summed E-state index contributed by atoms with van der Waals surface area (Å²) in [6, 6.07) is 5.06. The van der Waals surface area contributed by atoms with E-state index < -0.39 is 0 Å². The summed E-state index contributed by atoms with van der Waals surface area (Å²) in [5.74, 6) is -0.0573. The average Bonchev–Trinajstić information content (AvgIpc) is 2.80. The highest BCUT2D eigenvalue weighted by Gasteiger charge is 2.13. The molecular formula is C13H12Cl2N2O. The van der Waals surface area contributed by atoms with Crippen LogP contribution in [-0.4, -0.2) is 15.6 Å². The maximum Gasteiger partial charge on any atom is 0.168 e. The van der Waals surface area contributed by atoms with Gasteiger partial charge in [0.1, 0.15) is 0 Å². The summed E-state index contributed by atoms with van der Waals surface area (Å²) in [5.41, 5.74) is 1.33. The standard InChI is InChI=1S/C13H12Cl2N2O/c1-2-17-8-9(7-16-17)6-12(18)10-4-3-5-11(14)13(10)15/h3-5,7-8H,2,6H2,1H3. The van der Waals surface area contributed by atoms with Crippen molar-refractivity contribution in [1.29, 1.82) is 0 Å².